The van der Waals surface area contributed by atoms with E-state index in [1.807, 2.05) is 0 Å². The SMILES string of the molecule is CCOC(=O)CSc1cc(N)c([N+](=O)[O-])cc1OC1CCCCC1. The highest BCUT2D eigenvalue weighted by molar-refractivity contribution is 8.00. The van der Waals surface area contributed by atoms with Gasteiger partial charge in [0.25, 0.3) is 5.69 Å². The fraction of sp³-hybridized carbons (Fsp3) is 0.562. The molecule has 0 aliphatic heterocycles. The van der Waals surface area contributed by atoms with E-state index in [9.17, 15) is 14.9 Å². The molecule has 0 saturated heterocycles. The lowest BCUT2D eigenvalue weighted by Gasteiger charge is -2.24. The molecule has 1 aromatic carbocycles. The van der Waals surface area contributed by atoms with E-state index in [0.717, 1.165) is 25.7 Å². The number of esters is 1. The lowest BCUT2D eigenvalue weighted by atomic mass is 9.98. The number of thioether (sulfide) groups is 1. The molecule has 0 aromatic heterocycles. The number of nitrogens with zero attached hydrogens (tertiary/aromatic N) is 1. The molecule has 132 valence electrons. The number of benzene rings is 1. The lowest BCUT2D eigenvalue weighted by molar-refractivity contribution is -0.384. The minimum atomic E-state index is -0.525. The van der Waals surface area contributed by atoms with Gasteiger partial charge in [-0.1, -0.05) is 6.42 Å². The number of carbonyl (C=O) groups is 1. The summed E-state index contributed by atoms with van der Waals surface area (Å²) in [6, 6.07) is 2.86. The summed E-state index contributed by atoms with van der Waals surface area (Å²) in [5, 5.41) is 11.1. The zero-order valence-corrected chi connectivity index (χ0v) is 14.5. The van der Waals surface area contributed by atoms with Gasteiger partial charge in [-0.25, -0.2) is 0 Å². The van der Waals surface area contributed by atoms with Crippen LogP contribution in [0.3, 0.4) is 0 Å². The van der Waals surface area contributed by atoms with Crippen LogP contribution in [0, 0.1) is 10.1 Å². The number of nitrogens with two attached hydrogens (primary N) is 1. The number of hydrogen-bond acceptors (Lipinski definition) is 7. The standard InChI is InChI=1S/C16H22N2O5S/c1-2-22-16(19)10-24-15-8-12(17)13(18(20)21)9-14(15)23-11-6-4-3-5-7-11/h8-9,11H,2-7,10,17H2,1H3. The van der Waals surface area contributed by atoms with Crippen molar-refractivity contribution in [1.29, 1.82) is 0 Å². The van der Waals surface area contributed by atoms with Gasteiger partial charge < -0.3 is 15.2 Å². The van der Waals surface area contributed by atoms with Crippen molar-refractivity contribution in [1.82, 2.24) is 0 Å². The van der Waals surface area contributed by atoms with E-state index in [0.29, 0.717) is 17.3 Å². The van der Waals surface area contributed by atoms with Gasteiger partial charge >= 0.3 is 5.97 Å². The van der Waals surface area contributed by atoms with Crippen LogP contribution in [0.4, 0.5) is 11.4 Å². The molecule has 24 heavy (non-hydrogen) atoms. The summed E-state index contributed by atoms with van der Waals surface area (Å²) in [5.74, 6) is 0.173. The van der Waals surface area contributed by atoms with Gasteiger partial charge in [0.05, 0.1) is 34.3 Å². The first-order valence-electron chi connectivity index (χ1n) is 8.04. The van der Waals surface area contributed by atoms with Crippen LogP contribution in [0.5, 0.6) is 5.75 Å². The second-order valence-electron chi connectivity index (χ2n) is 5.59. The number of carbonyl (C=O) groups excluding carboxylic acids is 1. The second kappa shape index (κ2) is 8.77. The van der Waals surface area contributed by atoms with Crippen molar-refractivity contribution < 1.29 is 19.2 Å². The van der Waals surface area contributed by atoms with Gasteiger partial charge in [0, 0.05) is 0 Å². The van der Waals surface area contributed by atoms with Gasteiger partial charge in [-0.3, -0.25) is 14.9 Å². The van der Waals surface area contributed by atoms with E-state index in [4.69, 9.17) is 15.2 Å². The number of hydrogen-bond donors (Lipinski definition) is 1. The molecule has 1 fully saturated rings. The molecule has 1 aliphatic carbocycles. The molecule has 0 atom stereocenters. The van der Waals surface area contributed by atoms with Gasteiger partial charge in [0.1, 0.15) is 11.4 Å². The smallest absolute Gasteiger partial charge is 0.316 e. The van der Waals surface area contributed by atoms with Gasteiger partial charge in [0.2, 0.25) is 0 Å². The topological polar surface area (TPSA) is 105 Å². The number of nitrogen functional groups attached to an aromatic ring is 1. The van der Waals surface area contributed by atoms with Crippen LogP contribution in [0.2, 0.25) is 0 Å². The van der Waals surface area contributed by atoms with Crippen LogP contribution < -0.4 is 10.5 Å². The largest absolute Gasteiger partial charge is 0.489 e. The van der Waals surface area contributed by atoms with Crippen molar-refractivity contribution in [3.8, 4) is 5.75 Å². The maximum absolute atomic E-state index is 11.6. The predicted molar refractivity (Wildman–Crippen MR) is 92.4 cm³/mol. The number of ether oxygens (including phenoxy) is 2. The highest BCUT2D eigenvalue weighted by atomic mass is 32.2. The summed E-state index contributed by atoms with van der Waals surface area (Å²) in [7, 11) is 0. The third-order valence-electron chi connectivity index (χ3n) is 3.79. The van der Waals surface area contributed by atoms with Crippen molar-refractivity contribution in [2.24, 2.45) is 0 Å². The Bertz CT molecular complexity index is 602. The minimum Gasteiger partial charge on any atom is -0.489 e. The summed E-state index contributed by atoms with van der Waals surface area (Å²) in [5.41, 5.74) is 5.64. The maximum Gasteiger partial charge on any atom is 0.316 e. The fourth-order valence-electron chi connectivity index (χ4n) is 2.63. The molecule has 1 saturated carbocycles. The first kappa shape index (κ1) is 18.4. The van der Waals surface area contributed by atoms with Crippen molar-refractivity contribution >= 4 is 29.1 Å². The molecule has 0 amide bonds. The zero-order valence-electron chi connectivity index (χ0n) is 13.7. The Labute approximate surface area is 145 Å². The Hall–Kier alpha value is -1.96. The second-order valence-corrected chi connectivity index (χ2v) is 6.60. The van der Waals surface area contributed by atoms with Gasteiger partial charge in [0.15, 0.2) is 0 Å². The van der Waals surface area contributed by atoms with Crippen LogP contribution >= 0.6 is 11.8 Å². The summed E-state index contributed by atoms with van der Waals surface area (Å²) < 4.78 is 10.9. The van der Waals surface area contributed by atoms with E-state index in [1.165, 1.54) is 30.3 Å². The molecule has 0 spiro atoms. The Morgan fingerprint density at radius 3 is 2.71 bits per heavy atom. The third kappa shape index (κ3) is 5.02. The maximum atomic E-state index is 11.6. The van der Waals surface area contributed by atoms with Crippen LogP contribution in [0.15, 0.2) is 17.0 Å². The normalized spacial score (nSPS) is 15.0. The number of nitro benzene ring substituents is 1. The van der Waals surface area contributed by atoms with Crippen LogP contribution in [0.1, 0.15) is 39.0 Å². The first-order valence-corrected chi connectivity index (χ1v) is 9.02. The molecule has 2 N–H and O–H groups in total. The molecule has 0 bridgehead atoms. The lowest BCUT2D eigenvalue weighted by Crippen LogP contribution is -2.20. The Morgan fingerprint density at radius 1 is 1.38 bits per heavy atom. The van der Waals surface area contributed by atoms with Crippen molar-refractivity contribution in [2.75, 3.05) is 18.1 Å². The summed E-state index contributed by atoms with van der Waals surface area (Å²) in [6.45, 7) is 2.05. The van der Waals surface area contributed by atoms with E-state index >= 15 is 0 Å². The first-order chi connectivity index (χ1) is 11.5. The summed E-state index contributed by atoms with van der Waals surface area (Å²) >= 11 is 1.22. The van der Waals surface area contributed by atoms with Crippen LogP contribution in [-0.4, -0.2) is 29.4 Å². The molecule has 2 rings (SSSR count). The summed E-state index contributed by atoms with van der Waals surface area (Å²) in [6.07, 6.45) is 5.27. The van der Waals surface area contributed by atoms with Crippen molar-refractivity contribution in [3.05, 3.63) is 22.2 Å². The number of nitro groups is 1. The average molecular weight is 354 g/mol. The molecular weight excluding hydrogens is 332 g/mol. The Kier molecular flexibility index (Phi) is 6.72. The molecular formula is C16H22N2O5S. The number of rotatable bonds is 7. The van der Waals surface area contributed by atoms with Gasteiger partial charge in [-0.15, -0.1) is 11.8 Å². The van der Waals surface area contributed by atoms with Crippen molar-refractivity contribution in [2.45, 2.75) is 50.0 Å². The van der Waals surface area contributed by atoms with Crippen LogP contribution in [0.25, 0.3) is 0 Å². The highest BCUT2D eigenvalue weighted by Gasteiger charge is 2.22. The van der Waals surface area contributed by atoms with E-state index in [1.54, 1.807) is 6.92 Å². The van der Waals surface area contributed by atoms with Gasteiger partial charge in [-0.2, -0.15) is 0 Å². The van der Waals surface area contributed by atoms with E-state index in [-0.39, 0.29) is 29.2 Å². The van der Waals surface area contributed by atoms with Crippen LogP contribution in [-0.2, 0) is 9.53 Å². The number of anilines is 1. The summed E-state index contributed by atoms with van der Waals surface area (Å²) in [4.78, 5) is 22.8. The molecule has 0 heterocycles. The van der Waals surface area contributed by atoms with E-state index < -0.39 is 4.92 Å². The quantitative estimate of drug-likeness (QED) is 0.262. The zero-order chi connectivity index (χ0) is 17.5. The van der Waals surface area contributed by atoms with Crippen molar-refractivity contribution in [3.63, 3.8) is 0 Å². The molecule has 1 aromatic rings. The van der Waals surface area contributed by atoms with Gasteiger partial charge in [-0.05, 0) is 38.7 Å². The molecule has 1 aliphatic rings. The van der Waals surface area contributed by atoms with E-state index in [2.05, 4.69) is 0 Å². The fourth-order valence-corrected chi connectivity index (χ4v) is 3.45. The predicted octanol–water partition coefficient (Wildman–Crippen LogP) is 3.54. The molecule has 8 heteroatoms. The Balaban J connectivity index is 2.20. The monoisotopic (exact) mass is 354 g/mol. The highest BCUT2D eigenvalue weighted by Crippen LogP contribution is 2.38. The minimum absolute atomic E-state index is 0.0453. The molecule has 7 nitrogen and oxygen atoms in total. The third-order valence-corrected chi connectivity index (χ3v) is 4.80. The Morgan fingerprint density at radius 2 is 2.08 bits per heavy atom. The average Bonchev–Trinajstić information content (AvgIpc) is 2.55. The molecule has 0 radical (unpaired) electrons. The molecule has 0 unspecified atom stereocenters.